The second-order valence-electron chi connectivity index (χ2n) is 10.3. The zero-order valence-electron chi connectivity index (χ0n) is 21.2. The molecule has 4 atom stereocenters. The van der Waals surface area contributed by atoms with E-state index in [1.54, 1.807) is 6.08 Å². The number of rotatable bonds is 6. The van der Waals surface area contributed by atoms with Crippen molar-refractivity contribution in [3.63, 3.8) is 0 Å². The number of carboxylic acids is 1. The molecule has 1 saturated heterocycles. The van der Waals surface area contributed by atoms with Gasteiger partial charge in [-0.05, 0) is 56.4 Å². The molecular weight excluding hydrogens is 535 g/mol. The Bertz CT molecular complexity index is 1450. The second-order valence-corrected chi connectivity index (χ2v) is 10.3. The number of hydrogen-bond acceptors (Lipinski definition) is 7. The van der Waals surface area contributed by atoms with Crippen LogP contribution in [0.15, 0.2) is 52.6 Å². The number of ether oxygens (including phenoxy) is 1. The van der Waals surface area contributed by atoms with E-state index < -0.39 is 70.9 Å². The number of halogens is 3. The van der Waals surface area contributed by atoms with E-state index in [1.165, 1.54) is 6.92 Å². The summed E-state index contributed by atoms with van der Waals surface area (Å²) in [6, 6.07) is 2.87. The number of allylic oxidation sites excluding steroid dienone is 6. The van der Waals surface area contributed by atoms with Gasteiger partial charge in [-0.1, -0.05) is 11.6 Å². The molecule has 1 fully saturated rings. The third-order valence-electron chi connectivity index (χ3n) is 7.97. The van der Waals surface area contributed by atoms with Gasteiger partial charge in [-0.25, -0.2) is 0 Å². The van der Waals surface area contributed by atoms with Gasteiger partial charge in [0.05, 0.1) is 11.8 Å². The van der Waals surface area contributed by atoms with Crippen molar-refractivity contribution in [2.75, 3.05) is 6.54 Å². The maximum Gasteiger partial charge on any atom is 0.573 e. The summed E-state index contributed by atoms with van der Waals surface area (Å²) in [6.07, 6.45) is -2.36. The van der Waals surface area contributed by atoms with Crippen LogP contribution in [-0.4, -0.2) is 57.4 Å². The molecule has 40 heavy (non-hydrogen) atoms. The number of aromatic hydroxyl groups is 1. The van der Waals surface area contributed by atoms with E-state index in [4.69, 9.17) is 5.11 Å². The number of benzene rings is 1. The fraction of sp³-hybridized carbons (Fsp3) is 0.393. The Morgan fingerprint density at radius 1 is 1.12 bits per heavy atom. The number of amides is 2. The molecule has 0 saturated carbocycles. The summed E-state index contributed by atoms with van der Waals surface area (Å²) in [6.45, 7) is 1.37. The Balaban J connectivity index is 1.61. The summed E-state index contributed by atoms with van der Waals surface area (Å²) in [5.74, 6) is -7.74. The monoisotopic (exact) mass is 559 g/mol. The third kappa shape index (κ3) is 4.61. The Morgan fingerprint density at radius 2 is 1.85 bits per heavy atom. The Labute approximate surface area is 225 Å². The van der Waals surface area contributed by atoms with Crippen molar-refractivity contribution < 1.29 is 52.1 Å². The van der Waals surface area contributed by atoms with Gasteiger partial charge in [0, 0.05) is 41.2 Å². The van der Waals surface area contributed by atoms with E-state index in [0.717, 1.165) is 29.2 Å². The maximum absolute atomic E-state index is 13.5. The summed E-state index contributed by atoms with van der Waals surface area (Å²) in [7, 11) is 0. The molecule has 0 bridgehead atoms. The number of phenols is 1. The lowest BCUT2D eigenvalue weighted by molar-refractivity contribution is -0.274. The first-order chi connectivity index (χ1) is 18.8. The van der Waals surface area contributed by atoms with Gasteiger partial charge in [0.2, 0.25) is 11.8 Å². The molecule has 210 valence electrons. The molecule has 2 N–H and O–H groups in total. The van der Waals surface area contributed by atoms with Crippen molar-refractivity contribution in [2.24, 2.45) is 17.8 Å². The van der Waals surface area contributed by atoms with E-state index >= 15 is 0 Å². The second kappa shape index (κ2) is 9.76. The minimum Gasteiger partial charge on any atom is -0.508 e. The highest BCUT2D eigenvalue weighted by Crippen LogP contribution is 2.56. The normalized spacial score (nSPS) is 26.2. The lowest BCUT2D eigenvalue weighted by atomic mass is 9.59. The van der Waals surface area contributed by atoms with Gasteiger partial charge in [0.1, 0.15) is 11.5 Å². The molecule has 4 unspecified atom stereocenters. The highest BCUT2D eigenvalue weighted by molar-refractivity contribution is 6.23. The van der Waals surface area contributed by atoms with Crippen LogP contribution < -0.4 is 4.74 Å². The van der Waals surface area contributed by atoms with E-state index in [2.05, 4.69) is 4.74 Å². The summed E-state index contributed by atoms with van der Waals surface area (Å²) in [4.78, 5) is 65.2. The van der Waals surface area contributed by atoms with Gasteiger partial charge in [-0.3, -0.25) is 28.9 Å². The number of imide groups is 1. The van der Waals surface area contributed by atoms with Crippen LogP contribution in [0.5, 0.6) is 11.5 Å². The zero-order chi connectivity index (χ0) is 29.1. The summed E-state index contributed by atoms with van der Waals surface area (Å²) in [5.41, 5.74) is 0.592. The standard InChI is InChI=1S/C28H24F3NO8/c1-12-9-20(34)24-18(25(12)37)11-16-14(22(24)17-10-13(4-7-19(17)33)40-28(29,30)31)5-6-15-23(16)27(39)32(26(15)38)8-2-3-21(35)36/h4-5,7,9-10,15-16,22-23,33H,2-3,6,8,11H2,1H3,(H,35,36). The predicted molar refractivity (Wildman–Crippen MR) is 130 cm³/mol. The number of phenolic OH excluding ortho intramolecular Hbond substituents is 1. The molecule has 0 spiro atoms. The minimum absolute atomic E-state index is 0.00564. The third-order valence-corrected chi connectivity index (χ3v) is 7.97. The maximum atomic E-state index is 13.5. The number of likely N-dealkylation sites (tertiary alicyclic amines) is 1. The molecule has 12 heteroatoms. The first kappa shape index (κ1) is 27.4. The molecule has 3 aliphatic carbocycles. The van der Waals surface area contributed by atoms with Gasteiger partial charge in [0.15, 0.2) is 11.6 Å². The van der Waals surface area contributed by atoms with Crippen molar-refractivity contribution in [3.05, 3.63) is 58.2 Å². The van der Waals surface area contributed by atoms with Crippen LogP contribution in [0.25, 0.3) is 0 Å². The van der Waals surface area contributed by atoms with Crippen molar-refractivity contribution in [1.82, 2.24) is 4.90 Å². The first-order valence-electron chi connectivity index (χ1n) is 12.6. The number of carbonyl (C=O) groups excluding carboxylic acids is 4. The number of carbonyl (C=O) groups is 5. The van der Waals surface area contributed by atoms with Crippen molar-refractivity contribution in [1.29, 1.82) is 0 Å². The molecule has 4 aliphatic rings. The highest BCUT2D eigenvalue weighted by atomic mass is 19.4. The quantitative estimate of drug-likeness (QED) is 0.307. The van der Waals surface area contributed by atoms with Crippen LogP contribution in [0.3, 0.4) is 0 Å². The van der Waals surface area contributed by atoms with Crippen LogP contribution in [-0.2, 0) is 24.0 Å². The Hall–Kier alpha value is -4.22. The van der Waals surface area contributed by atoms with Gasteiger partial charge in [0.25, 0.3) is 0 Å². The molecule has 1 heterocycles. The topological polar surface area (TPSA) is 138 Å². The fourth-order valence-electron chi connectivity index (χ4n) is 6.37. The summed E-state index contributed by atoms with van der Waals surface area (Å²) >= 11 is 0. The lowest BCUT2D eigenvalue weighted by Gasteiger charge is -2.42. The van der Waals surface area contributed by atoms with E-state index in [9.17, 15) is 42.3 Å². The van der Waals surface area contributed by atoms with Crippen LogP contribution in [0.1, 0.15) is 44.1 Å². The largest absolute Gasteiger partial charge is 0.573 e. The molecule has 0 aromatic heterocycles. The van der Waals surface area contributed by atoms with Crippen molar-refractivity contribution >= 4 is 29.4 Å². The molecule has 2 amide bonds. The average Bonchev–Trinajstić information content (AvgIpc) is 3.11. The van der Waals surface area contributed by atoms with Crippen LogP contribution in [0.4, 0.5) is 13.2 Å². The van der Waals surface area contributed by atoms with Crippen molar-refractivity contribution in [3.8, 4) is 11.5 Å². The molecule has 5 rings (SSSR count). The molecular formula is C28H24F3NO8. The van der Waals surface area contributed by atoms with Crippen LogP contribution in [0, 0.1) is 17.8 Å². The molecule has 1 aromatic carbocycles. The SMILES string of the molecule is CC1=CC(=O)C2=C(CC3C(=CCC4C(=O)N(CCCC(=O)O)C(=O)C43)C2c2cc(OC(F)(F)F)ccc2O)C1=O. The lowest BCUT2D eigenvalue weighted by Crippen LogP contribution is -2.40. The molecule has 1 aliphatic heterocycles. The van der Waals surface area contributed by atoms with E-state index in [0.29, 0.717) is 5.57 Å². The summed E-state index contributed by atoms with van der Waals surface area (Å²) < 4.78 is 43.0. The molecule has 1 aromatic rings. The number of ketones is 2. The van der Waals surface area contributed by atoms with E-state index in [1.807, 2.05) is 0 Å². The number of Topliss-reactive ketones (excluding diaryl/α,β-unsaturated/α-hetero) is 1. The summed E-state index contributed by atoms with van der Waals surface area (Å²) in [5, 5.41) is 19.7. The fourth-order valence-corrected chi connectivity index (χ4v) is 6.37. The smallest absolute Gasteiger partial charge is 0.508 e. The molecule has 0 radical (unpaired) electrons. The van der Waals surface area contributed by atoms with Gasteiger partial charge >= 0.3 is 12.3 Å². The van der Waals surface area contributed by atoms with Gasteiger partial charge in [-0.15, -0.1) is 13.2 Å². The average molecular weight is 559 g/mol. The van der Waals surface area contributed by atoms with Crippen LogP contribution in [0.2, 0.25) is 0 Å². The van der Waals surface area contributed by atoms with Crippen LogP contribution >= 0.6 is 0 Å². The first-order valence-corrected chi connectivity index (χ1v) is 12.6. The number of carboxylic acid groups (broad SMARTS) is 1. The Morgan fingerprint density at radius 3 is 2.52 bits per heavy atom. The van der Waals surface area contributed by atoms with Gasteiger partial charge < -0.3 is 14.9 Å². The molecule has 9 nitrogen and oxygen atoms in total. The highest BCUT2D eigenvalue weighted by Gasteiger charge is 2.56. The zero-order valence-corrected chi connectivity index (χ0v) is 21.2. The predicted octanol–water partition coefficient (Wildman–Crippen LogP) is 3.59. The van der Waals surface area contributed by atoms with Crippen molar-refractivity contribution in [2.45, 2.75) is 44.9 Å². The van der Waals surface area contributed by atoms with E-state index in [-0.39, 0.29) is 54.5 Å². The number of aliphatic carboxylic acids is 1. The number of hydrogen-bond donors (Lipinski definition) is 2. The number of nitrogens with zero attached hydrogens (tertiary/aromatic N) is 1. The Kier molecular flexibility index (Phi) is 6.67. The number of alkyl halides is 3. The van der Waals surface area contributed by atoms with Gasteiger partial charge in [-0.2, -0.15) is 0 Å². The number of fused-ring (bicyclic) bond motifs is 3. The minimum atomic E-state index is -5.03.